The van der Waals surface area contributed by atoms with E-state index >= 15 is 0 Å². The number of rotatable bonds is 1. The summed E-state index contributed by atoms with van der Waals surface area (Å²) in [6, 6.07) is 0.407. The smallest absolute Gasteiger partial charge is 0.322 e. The Bertz CT molecular complexity index is 136. The molecule has 1 rings (SSSR count). The highest BCUT2D eigenvalue weighted by Gasteiger charge is 2.26. The van der Waals surface area contributed by atoms with Crippen LogP contribution in [-0.4, -0.2) is 25.2 Å². The first kappa shape index (κ1) is 7.54. The van der Waals surface area contributed by atoms with Crippen molar-refractivity contribution in [3.8, 4) is 0 Å². The number of carbonyl (C=O) groups excluding carboxylic acids is 1. The highest BCUT2D eigenvalue weighted by atomic mass is 16.5. The third-order valence-electron chi connectivity index (χ3n) is 1.86. The van der Waals surface area contributed by atoms with Gasteiger partial charge in [0.25, 0.3) is 0 Å². The molecular formula is C7H13NO2. The molecule has 0 aromatic heterocycles. The molecule has 1 aliphatic rings. The molecule has 0 amide bonds. The van der Waals surface area contributed by atoms with Gasteiger partial charge in [0.05, 0.1) is 7.11 Å². The van der Waals surface area contributed by atoms with Crippen molar-refractivity contribution < 1.29 is 9.53 Å². The second-order valence-corrected chi connectivity index (χ2v) is 2.72. The summed E-state index contributed by atoms with van der Waals surface area (Å²) in [4.78, 5) is 10.9. The molecule has 1 N–H and O–H groups in total. The molecule has 3 nitrogen and oxygen atoms in total. The summed E-state index contributed by atoms with van der Waals surface area (Å²) in [6.45, 7) is 2.07. The summed E-state index contributed by atoms with van der Waals surface area (Å²) in [5.41, 5.74) is 0. The second-order valence-electron chi connectivity index (χ2n) is 2.72. The summed E-state index contributed by atoms with van der Waals surface area (Å²) >= 11 is 0. The van der Waals surface area contributed by atoms with Crippen molar-refractivity contribution in [2.75, 3.05) is 7.11 Å². The van der Waals surface area contributed by atoms with Crippen LogP contribution in [0.25, 0.3) is 0 Å². The van der Waals surface area contributed by atoms with E-state index in [-0.39, 0.29) is 12.0 Å². The number of ether oxygens (including phenoxy) is 1. The van der Waals surface area contributed by atoms with Crippen molar-refractivity contribution in [1.29, 1.82) is 0 Å². The Morgan fingerprint density at radius 2 is 2.30 bits per heavy atom. The topological polar surface area (TPSA) is 38.3 Å². The molecule has 1 heterocycles. The zero-order valence-corrected chi connectivity index (χ0v) is 6.39. The van der Waals surface area contributed by atoms with Crippen molar-refractivity contribution in [2.24, 2.45) is 0 Å². The zero-order valence-electron chi connectivity index (χ0n) is 6.39. The fourth-order valence-corrected chi connectivity index (χ4v) is 1.25. The van der Waals surface area contributed by atoms with Crippen LogP contribution in [0.3, 0.4) is 0 Å². The standard InChI is InChI=1S/C7H13NO2/c1-5-3-4-6(8-5)7(9)10-2/h5-6,8H,3-4H2,1-2H3/t5?,6-/m0/s1. The first-order valence-corrected chi connectivity index (χ1v) is 3.58. The molecule has 0 radical (unpaired) electrons. The van der Waals surface area contributed by atoms with Gasteiger partial charge in [-0.05, 0) is 19.8 Å². The van der Waals surface area contributed by atoms with Crippen LogP contribution >= 0.6 is 0 Å². The molecule has 10 heavy (non-hydrogen) atoms. The van der Waals surface area contributed by atoms with E-state index in [1.807, 2.05) is 0 Å². The Kier molecular flexibility index (Phi) is 2.27. The Balaban J connectivity index is 2.37. The highest BCUT2D eigenvalue weighted by molar-refractivity contribution is 5.75. The lowest BCUT2D eigenvalue weighted by Gasteiger charge is -2.07. The Morgan fingerprint density at radius 1 is 1.60 bits per heavy atom. The first-order valence-electron chi connectivity index (χ1n) is 3.58. The van der Waals surface area contributed by atoms with Gasteiger partial charge in [-0.3, -0.25) is 4.79 Å². The number of carbonyl (C=O) groups is 1. The maximum atomic E-state index is 10.9. The van der Waals surface area contributed by atoms with Gasteiger partial charge in [0.2, 0.25) is 0 Å². The van der Waals surface area contributed by atoms with E-state index in [2.05, 4.69) is 17.0 Å². The van der Waals surface area contributed by atoms with Crippen molar-refractivity contribution in [1.82, 2.24) is 5.32 Å². The van der Waals surface area contributed by atoms with Gasteiger partial charge in [0.15, 0.2) is 0 Å². The maximum Gasteiger partial charge on any atom is 0.322 e. The van der Waals surface area contributed by atoms with Crippen molar-refractivity contribution in [3.63, 3.8) is 0 Å². The van der Waals surface area contributed by atoms with Gasteiger partial charge < -0.3 is 10.1 Å². The van der Waals surface area contributed by atoms with Crippen LogP contribution in [-0.2, 0) is 9.53 Å². The Morgan fingerprint density at radius 3 is 2.70 bits per heavy atom. The molecule has 1 unspecified atom stereocenters. The van der Waals surface area contributed by atoms with Gasteiger partial charge in [-0.1, -0.05) is 0 Å². The number of hydrogen-bond acceptors (Lipinski definition) is 3. The average Bonchev–Trinajstić information content (AvgIpc) is 2.34. The summed E-state index contributed by atoms with van der Waals surface area (Å²) < 4.78 is 4.58. The molecule has 0 saturated carbocycles. The van der Waals surface area contributed by atoms with Crippen LogP contribution in [0, 0.1) is 0 Å². The van der Waals surface area contributed by atoms with Crippen LogP contribution in [0.5, 0.6) is 0 Å². The molecule has 3 heteroatoms. The normalized spacial score (nSPS) is 32.2. The van der Waals surface area contributed by atoms with Gasteiger partial charge in [-0.2, -0.15) is 0 Å². The van der Waals surface area contributed by atoms with Crippen LogP contribution in [0.1, 0.15) is 19.8 Å². The molecule has 0 spiro atoms. The molecule has 0 aliphatic carbocycles. The minimum Gasteiger partial charge on any atom is -0.468 e. The summed E-state index contributed by atoms with van der Waals surface area (Å²) in [5, 5.41) is 3.13. The van der Waals surface area contributed by atoms with Crippen LogP contribution in [0.15, 0.2) is 0 Å². The van der Waals surface area contributed by atoms with Gasteiger partial charge in [-0.15, -0.1) is 0 Å². The monoisotopic (exact) mass is 143 g/mol. The van der Waals surface area contributed by atoms with Crippen molar-refractivity contribution >= 4 is 5.97 Å². The minimum absolute atomic E-state index is 0.0556. The Hall–Kier alpha value is -0.570. The van der Waals surface area contributed by atoms with Gasteiger partial charge in [-0.25, -0.2) is 0 Å². The van der Waals surface area contributed by atoms with E-state index in [1.54, 1.807) is 0 Å². The lowest BCUT2D eigenvalue weighted by atomic mass is 10.2. The van der Waals surface area contributed by atoms with Gasteiger partial charge in [0, 0.05) is 6.04 Å². The second kappa shape index (κ2) is 3.01. The van der Waals surface area contributed by atoms with E-state index in [1.165, 1.54) is 7.11 Å². The number of nitrogens with one attached hydrogen (secondary N) is 1. The molecule has 1 aliphatic heterocycles. The molecule has 2 atom stereocenters. The fraction of sp³-hybridized carbons (Fsp3) is 0.857. The lowest BCUT2D eigenvalue weighted by Crippen LogP contribution is -2.34. The highest BCUT2D eigenvalue weighted by Crippen LogP contribution is 2.11. The minimum atomic E-state index is -0.135. The maximum absolute atomic E-state index is 10.9. The van der Waals surface area contributed by atoms with E-state index in [4.69, 9.17) is 0 Å². The lowest BCUT2D eigenvalue weighted by molar-refractivity contribution is -0.142. The average molecular weight is 143 g/mol. The van der Waals surface area contributed by atoms with Gasteiger partial charge in [0.1, 0.15) is 6.04 Å². The fourth-order valence-electron chi connectivity index (χ4n) is 1.25. The molecule has 1 fully saturated rings. The van der Waals surface area contributed by atoms with Gasteiger partial charge >= 0.3 is 5.97 Å². The first-order chi connectivity index (χ1) is 4.74. The van der Waals surface area contributed by atoms with E-state index in [0.29, 0.717) is 6.04 Å². The summed E-state index contributed by atoms with van der Waals surface area (Å²) in [7, 11) is 1.42. The Labute approximate surface area is 60.7 Å². The summed E-state index contributed by atoms with van der Waals surface area (Å²) in [6.07, 6.45) is 1.98. The molecule has 0 bridgehead atoms. The molecular weight excluding hydrogens is 130 g/mol. The number of hydrogen-bond donors (Lipinski definition) is 1. The largest absolute Gasteiger partial charge is 0.468 e. The third kappa shape index (κ3) is 1.48. The van der Waals surface area contributed by atoms with E-state index in [0.717, 1.165) is 12.8 Å². The van der Waals surface area contributed by atoms with Crippen molar-refractivity contribution in [2.45, 2.75) is 31.8 Å². The quantitative estimate of drug-likeness (QED) is 0.536. The summed E-state index contributed by atoms with van der Waals surface area (Å²) in [5.74, 6) is -0.135. The van der Waals surface area contributed by atoms with Crippen LogP contribution in [0.2, 0.25) is 0 Å². The number of methoxy groups -OCH3 is 1. The van der Waals surface area contributed by atoms with Crippen LogP contribution in [0.4, 0.5) is 0 Å². The number of esters is 1. The SMILES string of the molecule is COC(=O)[C@@H]1CCC(C)N1. The van der Waals surface area contributed by atoms with E-state index < -0.39 is 0 Å². The predicted octanol–water partition coefficient (Wildman–Crippen LogP) is 0.300. The van der Waals surface area contributed by atoms with E-state index in [9.17, 15) is 4.79 Å². The predicted molar refractivity (Wildman–Crippen MR) is 37.6 cm³/mol. The van der Waals surface area contributed by atoms with Crippen LogP contribution < -0.4 is 5.32 Å². The third-order valence-corrected chi connectivity index (χ3v) is 1.86. The molecule has 0 aromatic carbocycles. The zero-order chi connectivity index (χ0) is 7.56. The molecule has 1 saturated heterocycles. The van der Waals surface area contributed by atoms with Crippen molar-refractivity contribution in [3.05, 3.63) is 0 Å². The molecule has 0 aromatic rings. The molecule has 58 valence electrons.